The van der Waals surface area contributed by atoms with E-state index in [4.69, 9.17) is 16.3 Å². The van der Waals surface area contributed by atoms with E-state index in [1.807, 2.05) is 0 Å². The van der Waals surface area contributed by atoms with Crippen molar-refractivity contribution in [2.24, 2.45) is 0 Å². The number of hydrogen-bond donors (Lipinski definition) is 2. The van der Waals surface area contributed by atoms with Crippen molar-refractivity contribution in [1.82, 2.24) is 0 Å². The van der Waals surface area contributed by atoms with Gasteiger partial charge in [-0.05, 0) is 104 Å². The predicted molar refractivity (Wildman–Crippen MR) is 161 cm³/mol. The van der Waals surface area contributed by atoms with E-state index in [0.717, 1.165) is 22.0 Å². The first-order valence-electron chi connectivity index (χ1n) is 12.6. The number of halogens is 2. The molecule has 2 N–H and O–H groups in total. The highest BCUT2D eigenvalue weighted by Gasteiger charge is 2.27. The third-order valence-corrected chi connectivity index (χ3v) is 9.59. The van der Waals surface area contributed by atoms with E-state index in [1.54, 1.807) is 26.0 Å². The lowest BCUT2D eigenvalue weighted by molar-refractivity contribution is -0.114. The van der Waals surface area contributed by atoms with E-state index < -0.39 is 38.3 Å². The molecule has 0 radical (unpaired) electrons. The zero-order valence-corrected chi connectivity index (χ0v) is 24.9. The molecule has 0 saturated heterocycles. The van der Waals surface area contributed by atoms with Gasteiger partial charge in [0.05, 0.1) is 27.8 Å². The molecular formula is C29H27ClFN3O6S2. The quantitative estimate of drug-likeness (QED) is 0.215. The first-order chi connectivity index (χ1) is 19.9. The van der Waals surface area contributed by atoms with Gasteiger partial charge in [0.25, 0.3) is 20.0 Å². The smallest absolute Gasteiger partial charge is 0.264 e. The summed E-state index contributed by atoms with van der Waals surface area (Å²) < 4.78 is 75.0. The molecule has 0 unspecified atom stereocenters. The monoisotopic (exact) mass is 631 g/mol. The molecule has 0 aliphatic carbocycles. The van der Waals surface area contributed by atoms with Gasteiger partial charge in [-0.3, -0.25) is 13.8 Å². The molecule has 1 amide bonds. The van der Waals surface area contributed by atoms with Gasteiger partial charge in [0.15, 0.2) is 0 Å². The maximum Gasteiger partial charge on any atom is 0.264 e. The largest absolute Gasteiger partial charge is 0.494 e. The van der Waals surface area contributed by atoms with Gasteiger partial charge >= 0.3 is 0 Å². The number of nitrogens with one attached hydrogen (secondary N) is 2. The van der Waals surface area contributed by atoms with Crippen molar-refractivity contribution in [1.29, 1.82) is 0 Å². The molecule has 220 valence electrons. The standard InChI is InChI=1S/C29H27ClFN3O6S2/c1-3-40-25-12-16-27(17-13-25)42(38,39)34(24-10-5-21(31)6-11-24)19-29(35)32-22-8-14-26(15-9-22)41(36,37)33-23-7-4-20(2)28(30)18-23/h4-18,33H,3,19H2,1-2H3,(H,32,35). The molecule has 4 rings (SSSR count). The Morgan fingerprint density at radius 3 is 2.05 bits per heavy atom. The van der Waals surface area contributed by atoms with Crippen LogP contribution in [0.2, 0.25) is 5.02 Å². The van der Waals surface area contributed by atoms with E-state index >= 15 is 0 Å². The Hall–Kier alpha value is -4.13. The van der Waals surface area contributed by atoms with Crippen LogP contribution < -0.4 is 19.1 Å². The fraction of sp³-hybridized carbons (Fsp3) is 0.138. The van der Waals surface area contributed by atoms with Crippen molar-refractivity contribution < 1.29 is 30.8 Å². The zero-order chi connectivity index (χ0) is 30.5. The number of rotatable bonds is 11. The Bertz CT molecular complexity index is 1780. The van der Waals surface area contributed by atoms with E-state index in [0.29, 0.717) is 17.4 Å². The fourth-order valence-electron chi connectivity index (χ4n) is 3.84. The average Bonchev–Trinajstić information content (AvgIpc) is 2.95. The third kappa shape index (κ3) is 7.38. The van der Waals surface area contributed by atoms with Crippen LogP contribution in [0.1, 0.15) is 12.5 Å². The molecule has 0 aliphatic heterocycles. The van der Waals surface area contributed by atoms with Gasteiger partial charge in [0.2, 0.25) is 5.91 Å². The molecule has 0 aliphatic rings. The minimum absolute atomic E-state index is 0.0665. The number of anilines is 3. The van der Waals surface area contributed by atoms with Gasteiger partial charge in [0.1, 0.15) is 18.1 Å². The van der Waals surface area contributed by atoms with Crippen molar-refractivity contribution in [3.63, 3.8) is 0 Å². The fourth-order valence-corrected chi connectivity index (χ4v) is 6.49. The third-order valence-electron chi connectivity index (χ3n) is 6.00. The Morgan fingerprint density at radius 1 is 0.857 bits per heavy atom. The van der Waals surface area contributed by atoms with Crippen LogP contribution in [0.25, 0.3) is 0 Å². The maximum atomic E-state index is 13.6. The second-order valence-corrected chi connectivity index (χ2v) is 13.0. The molecule has 0 saturated carbocycles. The highest BCUT2D eigenvalue weighted by atomic mass is 35.5. The second kappa shape index (κ2) is 12.8. The van der Waals surface area contributed by atoms with E-state index in [9.17, 15) is 26.0 Å². The summed E-state index contributed by atoms with van der Waals surface area (Å²) in [7, 11) is -8.20. The van der Waals surface area contributed by atoms with Crippen LogP contribution in [0.3, 0.4) is 0 Å². The number of carbonyl (C=O) groups is 1. The molecule has 0 fully saturated rings. The molecule has 0 spiro atoms. The van der Waals surface area contributed by atoms with Crippen molar-refractivity contribution >= 4 is 54.6 Å². The number of aryl methyl sites for hydroxylation is 1. The van der Waals surface area contributed by atoms with Crippen molar-refractivity contribution in [3.8, 4) is 5.75 Å². The Morgan fingerprint density at radius 2 is 1.45 bits per heavy atom. The first-order valence-corrected chi connectivity index (χ1v) is 15.9. The predicted octanol–water partition coefficient (Wildman–Crippen LogP) is 5.82. The van der Waals surface area contributed by atoms with Crippen LogP contribution in [0.4, 0.5) is 21.5 Å². The van der Waals surface area contributed by atoms with Gasteiger partial charge < -0.3 is 10.1 Å². The molecule has 0 bridgehead atoms. The van der Waals surface area contributed by atoms with Crippen molar-refractivity contribution in [2.75, 3.05) is 27.5 Å². The summed E-state index contributed by atoms with van der Waals surface area (Å²) in [6.07, 6.45) is 0. The Balaban J connectivity index is 1.52. The summed E-state index contributed by atoms with van der Waals surface area (Å²) in [6, 6.07) is 20.5. The lowest BCUT2D eigenvalue weighted by Gasteiger charge is -2.24. The Labute approximate surface area is 249 Å². The number of nitrogens with zero attached hydrogens (tertiary/aromatic N) is 1. The SMILES string of the molecule is CCOc1ccc(S(=O)(=O)N(CC(=O)Nc2ccc(S(=O)(=O)Nc3ccc(C)c(Cl)c3)cc2)c2ccc(F)cc2)cc1. The maximum absolute atomic E-state index is 13.6. The molecule has 0 aromatic heterocycles. The van der Waals surface area contributed by atoms with Gasteiger partial charge in [-0.25, -0.2) is 21.2 Å². The van der Waals surface area contributed by atoms with Crippen LogP contribution in [0, 0.1) is 12.7 Å². The average molecular weight is 632 g/mol. The first kappa shape index (κ1) is 30.8. The summed E-state index contributed by atoms with van der Waals surface area (Å²) in [5.41, 5.74) is 1.39. The number of amides is 1. The highest BCUT2D eigenvalue weighted by Crippen LogP contribution is 2.27. The van der Waals surface area contributed by atoms with Gasteiger partial charge in [-0.2, -0.15) is 0 Å². The highest BCUT2D eigenvalue weighted by molar-refractivity contribution is 7.93. The topological polar surface area (TPSA) is 122 Å². The minimum Gasteiger partial charge on any atom is -0.494 e. The molecule has 0 heterocycles. The van der Waals surface area contributed by atoms with Crippen LogP contribution in [-0.4, -0.2) is 35.9 Å². The molecule has 4 aromatic carbocycles. The van der Waals surface area contributed by atoms with Crippen LogP contribution in [-0.2, 0) is 24.8 Å². The number of carbonyl (C=O) groups excluding carboxylic acids is 1. The van der Waals surface area contributed by atoms with Gasteiger partial charge in [0, 0.05) is 10.7 Å². The molecule has 4 aromatic rings. The number of hydrogen-bond acceptors (Lipinski definition) is 6. The zero-order valence-electron chi connectivity index (χ0n) is 22.5. The summed E-state index contributed by atoms with van der Waals surface area (Å²) in [5.74, 6) is -0.806. The van der Waals surface area contributed by atoms with Crippen LogP contribution in [0.15, 0.2) is 101 Å². The van der Waals surface area contributed by atoms with Crippen LogP contribution >= 0.6 is 11.6 Å². The van der Waals surface area contributed by atoms with Crippen molar-refractivity contribution in [3.05, 3.63) is 107 Å². The molecule has 9 nitrogen and oxygen atoms in total. The number of benzene rings is 4. The molecule has 0 atom stereocenters. The van der Waals surface area contributed by atoms with E-state index in [1.165, 1.54) is 66.7 Å². The van der Waals surface area contributed by atoms with Gasteiger partial charge in [-0.1, -0.05) is 17.7 Å². The summed E-state index contributed by atoms with van der Waals surface area (Å²) in [4.78, 5) is 12.8. The van der Waals surface area contributed by atoms with Crippen molar-refractivity contribution in [2.45, 2.75) is 23.6 Å². The molecular weight excluding hydrogens is 605 g/mol. The van der Waals surface area contributed by atoms with Gasteiger partial charge in [-0.15, -0.1) is 0 Å². The summed E-state index contributed by atoms with van der Waals surface area (Å²) in [6.45, 7) is 3.35. The summed E-state index contributed by atoms with van der Waals surface area (Å²) in [5, 5.41) is 2.98. The van der Waals surface area contributed by atoms with Crippen LogP contribution in [0.5, 0.6) is 5.75 Å². The molecule has 13 heteroatoms. The Kier molecular flexibility index (Phi) is 9.40. The summed E-state index contributed by atoms with van der Waals surface area (Å²) >= 11 is 6.08. The van der Waals surface area contributed by atoms with E-state index in [2.05, 4.69) is 10.0 Å². The lowest BCUT2D eigenvalue weighted by Crippen LogP contribution is -2.38. The van der Waals surface area contributed by atoms with E-state index in [-0.39, 0.29) is 26.9 Å². The lowest BCUT2D eigenvalue weighted by atomic mass is 10.2. The molecule has 42 heavy (non-hydrogen) atoms. The number of sulfonamides is 2. The normalized spacial score (nSPS) is 11.5. The number of ether oxygens (including phenoxy) is 1. The minimum atomic E-state index is -4.25. The second-order valence-electron chi connectivity index (χ2n) is 9.03.